The molecule has 2 aromatic rings. The number of carbonyl (C=O) groups is 1. The molecule has 7 nitrogen and oxygen atoms in total. The molecular formula is C14H17N5O2. The van der Waals surface area contributed by atoms with Gasteiger partial charge in [0, 0.05) is 44.8 Å². The first-order valence-electron chi connectivity index (χ1n) is 6.67. The van der Waals surface area contributed by atoms with Crippen LogP contribution in [0.2, 0.25) is 0 Å². The third-order valence-electron chi connectivity index (χ3n) is 2.81. The average Bonchev–Trinajstić information content (AvgIpc) is 2.54. The van der Waals surface area contributed by atoms with E-state index in [-0.39, 0.29) is 5.82 Å². The Hall–Kier alpha value is -2.57. The quantitative estimate of drug-likeness (QED) is 0.736. The molecule has 21 heavy (non-hydrogen) atoms. The molecule has 0 fully saturated rings. The van der Waals surface area contributed by atoms with Gasteiger partial charge in [-0.05, 0) is 13.0 Å². The summed E-state index contributed by atoms with van der Waals surface area (Å²) in [6.07, 6.45) is 7.33. The number of likely N-dealkylation sites (N-methyl/N-ethyl adjacent to an activating group) is 1. The molecule has 0 saturated heterocycles. The van der Waals surface area contributed by atoms with Gasteiger partial charge in [-0.3, -0.25) is 9.97 Å². The van der Waals surface area contributed by atoms with Crippen LogP contribution in [0.5, 0.6) is 0 Å². The normalized spacial score (nSPS) is 10.2. The molecular weight excluding hydrogens is 270 g/mol. The van der Waals surface area contributed by atoms with Crippen LogP contribution in [0.25, 0.3) is 0 Å². The summed E-state index contributed by atoms with van der Waals surface area (Å²) >= 11 is 0. The summed E-state index contributed by atoms with van der Waals surface area (Å²) in [4.78, 5) is 29.9. The van der Waals surface area contributed by atoms with E-state index in [0.717, 1.165) is 12.1 Å². The standard InChI is InChI=1S/C14H17N5O2/c1-3-21-14(20)13-17-6-4-12(18-13)19(2)9-5-11-10-15-7-8-16-11/h4,6-8,10H,3,5,9H2,1-2H3. The number of nitrogens with zero attached hydrogens (tertiary/aromatic N) is 5. The van der Waals surface area contributed by atoms with Crippen molar-refractivity contribution in [3.05, 3.63) is 42.4 Å². The van der Waals surface area contributed by atoms with Gasteiger partial charge in [-0.25, -0.2) is 14.8 Å². The first-order chi connectivity index (χ1) is 10.2. The molecule has 110 valence electrons. The predicted octanol–water partition coefficient (Wildman–Crippen LogP) is 1.12. The summed E-state index contributed by atoms with van der Waals surface area (Å²) in [5, 5.41) is 0. The number of esters is 1. The molecule has 2 rings (SSSR count). The highest BCUT2D eigenvalue weighted by molar-refractivity contribution is 5.85. The van der Waals surface area contributed by atoms with Crippen molar-refractivity contribution in [2.45, 2.75) is 13.3 Å². The molecule has 0 aliphatic rings. The number of ether oxygens (including phenoxy) is 1. The van der Waals surface area contributed by atoms with Gasteiger partial charge in [-0.15, -0.1) is 0 Å². The maximum atomic E-state index is 11.6. The lowest BCUT2D eigenvalue weighted by Crippen LogP contribution is -2.23. The molecule has 0 amide bonds. The van der Waals surface area contributed by atoms with E-state index in [1.165, 1.54) is 0 Å². The third kappa shape index (κ3) is 4.20. The SMILES string of the molecule is CCOC(=O)c1nccc(N(C)CCc2cnccn2)n1. The molecule has 0 radical (unpaired) electrons. The van der Waals surface area contributed by atoms with Crippen LogP contribution in [0.4, 0.5) is 5.82 Å². The van der Waals surface area contributed by atoms with E-state index in [2.05, 4.69) is 19.9 Å². The van der Waals surface area contributed by atoms with E-state index in [1.807, 2.05) is 11.9 Å². The lowest BCUT2D eigenvalue weighted by atomic mass is 10.3. The fraction of sp³-hybridized carbons (Fsp3) is 0.357. The number of carbonyl (C=O) groups excluding carboxylic acids is 1. The predicted molar refractivity (Wildman–Crippen MR) is 77.0 cm³/mol. The topological polar surface area (TPSA) is 81.1 Å². The van der Waals surface area contributed by atoms with Gasteiger partial charge in [-0.2, -0.15) is 0 Å². The van der Waals surface area contributed by atoms with Gasteiger partial charge in [0.15, 0.2) is 0 Å². The summed E-state index contributed by atoms with van der Waals surface area (Å²) < 4.78 is 4.89. The molecule has 0 spiro atoms. The van der Waals surface area contributed by atoms with Crippen molar-refractivity contribution >= 4 is 11.8 Å². The first kappa shape index (κ1) is 14.8. The molecule has 2 aromatic heterocycles. The van der Waals surface area contributed by atoms with Crippen LogP contribution < -0.4 is 4.90 Å². The number of anilines is 1. The number of hydrogen-bond acceptors (Lipinski definition) is 7. The summed E-state index contributed by atoms with van der Waals surface area (Å²) in [6.45, 7) is 2.75. The summed E-state index contributed by atoms with van der Waals surface area (Å²) in [5.74, 6) is 0.222. The highest BCUT2D eigenvalue weighted by Crippen LogP contribution is 2.09. The first-order valence-corrected chi connectivity index (χ1v) is 6.67. The van der Waals surface area contributed by atoms with Crippen molar-refractivity contribution in [1.29, 1.82) is 0 Å². The average molecular weight is 287 g/mol. The Labute approximate surface area is 123 Å². The van der Waals surface area contributed by atoms with Crippen LogP contribution >= 0.6 is 0 Å². The minimum absolute atomic E-state index is 0.0701. The van der Waals surface area contributed by atoms with Gasteiger partial charge in [0.05, 0.1) is 12.3 Å². The molecule has 2 heterocycles. The maximum absolute atomic E-state index is 11.6. The lowest BCUT2D eigenvalue weighted by molar-refractivity contribution is 0.0512. The van der Waals surface area contributed by atoms with Gasteiger partial charge in [0.25, 0.3) is 0 Å². The summed E-state index contributed by atoms with van der Waals surface area (Å²) in [7, 11) is 1.90. The molecule has 0 aliphatic heterocycles. The van der Waals surface area contributed by atoms with Gasteiger partial charge in [-0.1, -0.05) is 0 Å². The Bertz CT molecular complexity index is 591. The minimum atomic E-state index is -0.512. The molecule has 0 saturated carbocycles. The van der Waals surface area contributed by atoms with E-state index >= 15 is 0 Å². The molecule has 0 aliphatic carbocycles. The Morgan fingerprint density at radius 2 is 2.14 bits per heavy atom. The Balaban J connectivity index is 2.00. The summed E-state index contributed by atoms with van der Waals surface area (Å²) in [5.41, 5.74) is 0.907. The van der Waals surface area contributed by atoms with Gasteiger partial charge < -0.3 is 9.64 Å². The van der Waals surface area contributed by atoms with E-state index in [0.29, 0.717) is 19.0 Å². The highest BCUT2D eigenvalue weighted by atomic mass is 16.5. The van der Waals surface area contributed by atoms with Crippen molar-refractivity contribution in [3.63, 3.8) is 0 Å². The summed E-state index contributed by atoms with van der Waals surface area (Å²) in [6, 6.07) is 1.75. The van der Waals surface area contributed by atoms with Crippen molar-refractivity contribution < 1.29 is 9.53 Å². The second-order valence-corrected chi connectivity index (χ2v) is 4.33. The smallest absolute Gasteiger partial charge is 0.376 e. The zero-order chi connectivity index (χ0) is 15.1. The molecule has 0 bridgehead atoms. The number of rotatable bonds is 6. The monoisotopic (exact) mass is 287 g/mol. The fourth-order valence-electron chi connectivity index (χ4n) is 1.71. The largest absolute Gasteiger partial charge is 0.460 e. The second-order valence-electron chi connectivity index (χ2n) is 4.33. The van der Waals surface area contributed by atoms with Crippen LogP contribution in [0, 0.1) is 0 Å². The van der Waals surface area contributed by atoms with Crippen molar-refractivity contribution in [2.75, 3.05) is 25.1 Å². The van der Waals surface area contributed by atoms with Crippen LogP contribution in [0.15, 0.2) is 30.9 Å². The zero-order valence-electron chi connectivity index (χ0n) is 12.1. The van der Waals surface area contributed by atoms with Crippen molar-refractivity contribution in [3.8, 4) is 0 Å². The van der Waals surface area contributed by atoms with Crippen molar-refractivity contribution in [1.82, 2.24) is 19.9 Å². The van der Waals surface area contributed by atoms with Crippen molar-refractivity contribution in [2.24, 2.45) is 0 Å². The van der Waals surface area contributed by atoms with E-state index in [9.17, 15) is 4.79 Å². The van der Waals surface area contributed by atoms with E-state index < -0.39 is 5.97 Å². The van der Waals surface area contributed by atoms with Gasteiger partial charge in [0.2, 0.25) is 5.82 Å². The maximum Gasteiger partial charge on any atom is 0.376 e. The minimum Gasteiger partial charge on any atom is -0.460 e. The molecule has 0 atom stereocenters. The second kappa shape index (κ2) is 7.28. The van der Waals surface area contributed by atoms with E-state index in [4.69, 9.17) is 4.74 Å². The molecule has 7 heteroatoms. The van der Waals surface area contributed by atoms with Crippen LogP contribution in [0.3, 0.4) is 0 Å². The Kier molecular flexibility index (Phi) is 5.14. The van der Waals surface area contributed by atoms with E-state index in [1.54, 1.807) is 37.8 Å². The number of hydrogen-bond donors (Lipinski definition) is 0. The molecule has 0 N–H and O–H groups in total. The molecule has 0 aromatic carbocycles. The lowest BCUT2D eigenvalue weighted by Gasteiger charge is -2.17. The Morgan fingerprint density at radius 1 is 1.29 bits per heavy atom. The number of aromatic nitrogens is 4. The Morgan fingerprint density at radius 3 is 2.86 bits per heavy atom. The molecule has 0 unspecified atom stereocenters. The van der Waals surface area contributed by atoms with Crippen LogP contribution in [-0.2, 0) is 11.2 Å². The third-order valence-corrected chi connectivity index (χ3v) is 2.81. The zero-order valence-corrected chi connectivity index (χ0v) is 12.1. The van der Waals surface area contributed by atoms with Crippen LogP contribution in [-0.4, -0.2) is 46.1 Å². The highest BCUT2D eigenvalue weighted by Gasteiger charge is 2.12. The van der Waals surface area contributed by atoms with Gasteiger partial charge >= 0.3 is 5.97 Å². The van der Waals surface area contributed by atoms with Gasteiger partial charge in [0.1, 0.15) is 5.82 Å². The van der Waals surface area contributed by atoms with Crippen LogP contribution in [0.1, 0.15) is 23.2 Å². The fourth-order valence-corrected chi connectivity index (χ4v) is 1.71.